The lowest BCUT2D eigenvalue weighted by atomic mass is 9.94. The van der Waals surface area contributed by atoms with E-state index in [0.717, 1.165) is 29.5 Å². The summed E-state index contributed by atoms with van der Waals surface area (Å²) in [6, 6.07) is 11.6. The molecule has 0 radical (unpaired) electrons. The van der Waals surface area contributed by atoms with E-state index in [2.05, 4.69) is 4.98 Å². The molecule has 1 aromatic heterocycles. The fourth-order valence-corrected chi connectivity index (χ4v) is 3.74. The zero-order valence-corrected chi connectivity index (χ0v) is 14.5. The smallest absolute Gasteiger partial charge is 0.200 e. The Bertz CT molecular complexity index is 984. The van der Waals surface area contributed by atoms with E-state index < -0.39 is 0 Å². The van der Waals surface area contributed by atoms with Crippen LogP contribution < -0.4 is 0 Å². The first-order chi connectivity index (χ1) is 11.9. The number of fused-ring (bicyclic) bond motifs is 1. The highest BCUT2D eigenvalue weighted by Gasteiger charge is 2.43. The Hall–Kier alpha value is -2.30. The molecule has 0 saturated heterocycles. The van der Waals surface area contributed by atoms with Gasteiger partial charge in [0.05, 0.1) is 22.7 Å². The van der Waals surface area contributed by atoms with Gasteiger partial charge in [-0.05, 0) is 43.0 Å². The Morgan fingerprint density at radius 1 is 1.24 bits per heavy atom. The molecule has 5 heteroatoms. The molecule has 128 valence electrons. The largest absolute Gasteiger partial charge is 0.494 e. The molecule has 0 spiro atoms. The molecule has 0 atom stereocenters. The minimum atomic E-state index is -0.203. The molecule has 0 bridgehead atoms. The number of aromatic nitrogens is 1. The summed E-state index contributed by atoms with van der Waals surface area (Å²) in [5, 5.41) is 20.7. The van der Waals surface area contributed by atoms with Crippen molar-refractivity contribution < 1.29 is 15.0 Å². The Balaban J connectivity index is 1.82. The Morgan fingerprint density at radius 2 is 1.92 bits per heavy atom. The number of ketones is 1. The number of Topliss-reactive ketones (excluding diaryl/α,β-unsaturated/α-hetero) is 1. The predicted molar refractivity (Wildman–Crippen MR) is 98.4 cm³/mol. The van der Waals surface area contributed by atoms with Crippen molar-refractivity contribution in [1.82, 2.24) is 4.98 Å². The minimum Gasteiger partial charge on any atom is -0.494 e. The minimum absolute atomic E-state index is 0.0689. The molecule has 1 aliphatic rings. The molecule has 3 N–H and O–H groups in total. The fraction of sp³-hybridized carbons (Fsp3) is 0.250. The highest BCUT2D eigenvalue weighted by molar-refractivity contribution is 6.34. The first-order valence-electron chi connectivity index (χ1n) is 8.22. The molecule has 0 unspecified atom stereocenters. The Kier molecular flexibility index (Phi) is 3.63. The van der Waals surface area contributed by atoms with Crippen LogP contribution in [-0.2, 0) is 5.41 Å². The summed E-state index contributed by atoms with van der Waals surface area (Å²) in [5.41, 5.74) is 3.71. The number of hydrogen-bond donors (Lipinski definition) is 3. The second-order valence-corrected chi connectivity index (χ2v) is 7.21. The number of carbonyl (C=O) groups is 1. The maximum atomic E-state index is 11.8. The van der Waals surface area contributed by atoms with E-state index in [0.29, 0.717) is 15.9 Å². The number of aliphatic hydroxyl groups excluding tert-OH is 1. The van der Waals surface area contributed by atoms with Crippen LogP contribution in [0.2, 0.25) is 5.02 Å². The standard InChI is InChI=1S/C20H18ClNO3/c1-11(24)18-15-8-14(16(21)9-17(15)22-19(18)25)12-2-4-13(5-3-12)20(10-23)6-7-20/h2-5,8-9,22-23,25H,6-7,10H2,1H3. The molecule has 1 heterocycles. The molecule has 2 aromatic carbocycles. The van der Waals surface area contributed by atoms with Crippen molar-refractivity contribution in [3.8, 4) is 17.0 Å². The van der Waals surface area contributed by atoms with Gasteiger partial charge in [-0.15, -0.1) is 0 Å². The summed E-state index contributed by atoms with van der Waals surface area (Å²) in [7, 11) is 0. The average molecular weight is 356 g/mol. The van der Waals surface area contributed by atoms with Gasteiger partial charge in [0.2, 0.25) is 5.88 Å². The number of hydrogen-bond acceptors (Lipinski definition) is 3. The first kappa shape index (κ1) is 16.2. The zero-order chi connectivity index (χ0) is 17.8. The summed E-state index contributed by atoms with van der Waals surface area (Å²) >= 11 is 6.42. The SMILES string of the molecule is CC(=O)c1c(O)[nH]c2cc(Cl)c(-c3ccc(C4(CO)CC4)cc3)cc12. The van der Waals surface area contributed by atoms with Crippen molar-refractivity contribution >= 4 is 28.3 Å². The van der Waals surface area contributed by atoms with Crippen LogP contribution in [0.5, 0.6) is 5.88 Å². The molecule has 1 aliphatic carbocycles. The van der Waals surface area contributed by atoms with Crippen LogP contribution in [0.1, 0.15) is 35.7 Å². The van der Waals surface area contributed by atoms with Crippen molar-refractivity contribution in [2.75, 3.05) is 6.61 Å². The third-order valence-corrected chi connectivity index (χ3v) is 5.50. The van der Waals surface area contributed by atoms with Gasteiger partial charge < -0.3 is 15.2 Å². The second kappa shape index (κ2) is 5.61. The number of rotatable bonds is 4. The van der Waals surface area contributed by atoms with Crippen LogP contribution in [0.15, 0.2) is 36.4 Å². The highest BCUT2D eigenvalue weighted by atomic mass is 35.5. The van der Waals surface area contributed by atoms with E-state index in [4.69, 9.17) is 11.6 Å². The molecule has 0 amide bonds. The molecule has 3 aromatic rings. The van der Waals surface area contributed by atoms with E-state index in [1.807, 2.05) is 30.3 Å². The number of carbonyl (C=O) groups excluding carboxylic acids is 1. The highest BCUT2D eigenvalue weighted by Crippen LogP contribution is 2.48. The van der Waals surface area contributed by atoms with Gasteiger partial charge >= 0.3 is 0 Å². The third-order valence-electron chi connectivity index (χ3n) is 5.18. The van der Waals surface area contributed by atoms with Crippen LogP contribution in [0.25, 0.3) is 22.0 Å². The van der Waals surface area contributed by atoms with Gasteiger partial charge in [0, 0.05) is 16.4 Å². The lowest BCUT2D eigenvalue weighted by Gasteiger charge is -2.13. The van der Waals surface area contributed by atoms with Crippen molar-refractivity contribution in [1.29, 1.82) is 0 Å². The van der Waals surface area contributed by atoms with Crippen LogP contribution in [0, 0.1) is 0 Å². The van der Waals surface area contributed by atoms with Crippen molar-refractivity contribution in [3.63, 3.8) is 0 Å². The third kappa shape index (κ3) is 2.53. The summed E-state index contributed by atoms with van der Waals surface area (Å²) in [6.45, 7) is 1.60. The van der Waals surface area contributed by atoms with Crippen LogP contribution in [-0.4, -0.2) is 27.6 Å². The second-order valence-electron chi connectivity index (χ2n) is 6.80. The number of aromatic hydroxyl groups is 1. The first-order valence-corrected chi connectivity index (χ1v) is 8.60. The van der Waals surface area contributed by atoms with Gasteiger partial charge in [0.25, 0.3) is 0 Å². The molecule has 25 heavy (non-hydrogen) atoms. The summed E-state index contributed by atoms with van der Waals surface area (Å²) in [4.78, 5) is 14.6. The van der Waals surface area contributed by atoms with Gasteiger partial charge in [-0.25, -0.2) is 0 Å². The molecular formula is C20H18ClNO3. The number of H-pyrrole nitrogens is 1. The van der Waals surface area contributed by atoms with E-state index in [1.165, 1.54) is 6.92 Å². The van der Waals surface area contributed by atoms with Crippen molar-refractivity contribution in [3.05, 3.63) is 52.5 Å². The Morgan fingerprint density at radius 3 is 2.48 bits per heavy atom. The monoisotopic (exact) mass is 355 g/mol. The van der Waals surface area contributed by atoms with E-state index in [9.17, 15) is 15.0 Å². The number of aromatic amines is 1. The lowest BCUT2D eigenvalue weighted by Crippen LogP contribution is -2.11. The molecule has 4 rings (SSSR count). The zero-order valence-electron chi connectivity index (χ0n) is 13.8. The molecule has 4 nitrogen and oxygen atoms in total. The van der Waals surface area contributed by atoms with E-state index in [1.54, 1.807) is 6.07 Å². The topological polar surface area (TPSA) is 73.3 Å². The molecule has 0 aliphatic heterocycles. The number of aliphatic hydroxyl groups is 1. The van der Waals surface area contributed by atoms with Crippen molar-refractivity contribution in [2.24, 2.45) is 0 Å². The van der Waals surface area contributed by atoms with Crippen LogP contribution in [0.4, 0.5) is 0 Å². The summed E-state index contributed by atoms with van der Waals surface area (Å²) < 4.78 is 0. The summed E-state index contributed by atoms with van der Waals surface area (Å²) in [5.74, 6) is -0.337. The van der Waals surface area contributed by atoms with Gasteiger partial charge in [-0.2, -0.15) is 0 Å². The number of halogens is 1. The van der Waals surface area contributed by atoms with E-state index >= 15 is 0 Å². The van der Waals surface area contributed by atoms with Gasteiger partial charge in [-0.3, -0.25) is 4.79 Å². The normalized spacial score (nSPS) is 15.5. The number of nitrogens with one attached hydrogen (secondary N) is 1. The average Bonchev–Trinajstić information content (AvgIpc) is 3.31. The van der Waals surface area contributed by atoms with Crippen molar-refractivity contribution in [2.45, 2.75) is 25.2 Å². The molecule has 1 saturated carbocycles. The molecular weight excluding hydrogens is 338 g/mol. The van der Waals surface area contributed by atoms with Gasteiger partial charge in [0.1, 0.15) is 0 Å². The maximum absolute atomic E-state index is 11.8. The number of benzene rings is 2. The lowest BCUT2D eigenvalue weighted by molar-refractivity contribution is 0.101. The van der Waals surface area contributed by atoms with E-state index in [-0.39, 0.29) is 29.2 Å². The molecule has 1 fully saturated rings. The summed E-state index contributed by atoms with van der Waals surface area (Å²) in [6.07, 6.45) is 2.03. The van der Waals surface area contributed by atoms with Crippen LogP contribution >= 0.6 is 11.6 Å². The Labute approximate surface area is 150 Å². The van der Waals surface area contributed by atoms with Gasteiger partial charge in [-0.1, -0.05) is 35.9 Å². The van der Waals surface area contributed by atoms with Gasteiger partial charge in [0.15, 0.2) is 5.78 Å². The maximum Gasteiger partial charge on any atom is 0.200 e. The van der Waals surface area contributed by atoms with Crippen LogP contribution in [0.3, 0.4) is 0 Å². The fourth-order valence-electron chi connectivity index (χ4n) is 3.47. The predicted octanol–water partition coefficient (Wildman–Crippen LogP) is 4.42. The quantitative estimate of drug-likeness (QED) is 0.606.